The van der Waals surface area contributed by atoms with Crippen LogP contribution >= 0.6 is 0 Å². The van der Waals surface area contributed by atoms with Gasteiger partial charge < -0.3 is 0 Å². The van der Waals surface area contributed by atoms with Crippen molar-refractivity contribution in [3.8, 4) is 11.1 Å². The lowest BCUT2D eigenvalue weighted by Gasteiger charge is -2.12. The third-order valence-electron chi connectivity index (χ3n) is 3.18. The molecular formula is C15H15NO2. The second-order valence-corrected chi connectivity index (χ2v) is 4.49. The summed E-state index contributed by atoms with van der Waals surface area (Å²) < 4.78 is 0. The van der Waals surface area contributed by atoms with Crippen LogP contribution in [-0.4, -0.2) is 4.92 Å². The molecule has 0 unspecified atom stereocenters. The first-order chi connectivity index (χ1) is 8.52. The van der Waals surface area contributed by atoms with Gasteiger partial charge in [-0.25, -0.2) is 0 Å². The van der Waals surface area contributed by atoms with Gasteiger partial charge in [0.1, 0.15) is 0 Å². The van der Waals surface area contributed by atoms with Gasteiger partial charge in [0.15, 0.2) is 0 Å². The molecule has 0 aliphatic carbocycles. The van der Waals surface area contributed by atoms with Crippen LogP contribution in [-0.2, 0) is 0 Å². The van der Waals surface area contributed by atoms with Gasteiger partial charge in [0.2, 0.25) is 0 Å². The monoisotopic (exact) mass is 241 g/mol. The number of hydrogen-bond acceptors (Lipinski definition) is 2. The zero-order valence-electron chi connectivity index (χ0n) is 10.7. The number of nitro benzene ring substituents is 1. The average molecular weight is 241 g/mol. The summed E-state index contributed by atoms with van der Waals surface area (Å²) in [7, 11) is 0. The Kier molecular flexibility index (Phi) is 3.15. The van der Waals surface area contributed by atoms with Crippen LogP contribution in [0, 0.1) is 30.9 Å². The van der Waals surface area contributed by atoms with Crippen LogP contribution < -0.4 is 0 Å². The summed E-state index contributed by atoms with van der Waals surface area (Å²) >= 11 is 0. The topological polar surface area (TPSA) is 43.1 Å². The predicted octanol–water partition coefficient (Wildman–Crippen LogP) is 4.19. The lowest BCUT2D eigenvalue weighted by molar-refractivity contribution is -0.384. The summed E-state index contributed by atoms with van der Waals surface area (Å²) in [6.45, 7) is 5.88. The third-order valence-corrected chi connectivity index (χ3v) is 3.18. The van der Waals surface area contributed by atoms with Crippen LogP contribution in [0.25, 0.3) is 11.1 Å². The molecule has 3 heteroatoms. The summed E-state index contributed by atoms with van der Waals surface area (Å²) in [5, 5.41) is 11.2. The number of nitro groups is 1. The maximum Gasteiger partial charge on any atom is 0.277 e. The van der Waals surface area contributed by atoms with E-state index >= 15 is 0 Å². The van der Waals surface area contributed by atoms with Gasteiger partial charge in [-0.15, -0.1) is 0 Å². The fourth-order valence-electron chi connectivity index (χ4n) is 2.34. The molecule has 92 valence electrons. The molecular weight excluding hydrogens is 226 g/mol. The van der Waals surface area contributed by atoms with E-state index < -0.39 is 0 Å². The van der Waals surface area contributed by atoms with Gasteiger partial charge in [0.05, 0.1) is 10.5 Å². The highest BCUT2D eigenvalue weighted by Gasteiger charge is 2.19. The van der Waals surface area contributed by atoms with Crippen LogP contribution in [0.1, 0.15) is 16.7 Å². The lowest BCUT2D eigenvalue weighted by Crippen LogP contribution is -1.97. The van der Waals surface area contributed by atoms with Gasteiger partial charge in [0.25, 0.3) is 5.69 Å². The van der Waals surface area contributed by atoms with Gasteiger partial charge in [-0.3, -0.25) is 10.1 Å². The normalized spacial score (nSPS) is 10.4. The number of aryl methyl sites for hydroxylation is 3. The van der Waals surface area contributed by atoms with Crippen molar-refractivity contribution in [1.82, 2.24) is 0 Å². The second-order valence-electron chi connectivity index (χ2n) is 4.49. The van der Waals surface area contributed by atoms with E-state index in [1.165, 1.54) is 0 Å². The van der Waals surface area contributed by atoms with E-state index in [0.29, 0.717) is 0 Å². The molecule has 0 atom stereocenters. The molecule has 0 saturated heterocycles. The average Bonchev–Trinajstić information content (AvgIpc) is 2.30. The second kappa shape index (κ2) is 4.61. The van der Waals surface area contributed by atoms with E-state index in [1.807, 2.05) is 45.0 Å². The summed E-state index contributed by atoms with van der Waals surface area (Å²) in [6, 6.07) is 11.1. The molecule has 0 aliphatic heterocycles. The van der Waals surface area contributed by atoms with E-state index in [1.54, 1.807) is 12.1 Å². The number of rotatable bonds is 2. The van der Waals surface area contributed by atoms with Gasteiger partial charge in [-0.1, -0.05) is 30.3 Å². The van der Waals surface area contributed by atoms with Crippen molar-refractivity contribution in [2.45, 2.75) is 20.8 Å². The highest BCUT2D eigenvalue weighted by atomic mass is 16.6. The molecule has 0 fully saturated rings. The van der Waals surface area contributed by atoms with Crippen molar-refractivity contribution in [3.63, 3.8) is 0 Å². The number of hydrogen-bond donors (Lipinski definition) is 0. The minimum Gasteiger partial charge on any atom is -0.258 e. The molecule has 0 N–H and O–H groups in total. The molecule has 0 spiro atoms. The summed E-state index contributed by atoms with van der Waals surface area (Å²) in [5.74, 6) is 0. The molecule has 2 aromatic carbocycles. The maximum absolute atomic E-state index is 11.2. The first-order valence-corrected chi connectivity index (χ1v) is 5.83. The predicted molar refractivity (Wildman–Crippen MR) is 72.7 cm³/mol. The van der Waals surface area contributed by atoms with E-state index in [0.717, 1.165) is 27.8 Å². The first kappa shape index (κ1) is 12.3. The third kappa shape index (κ3) is 1.99. The Labute approximate surface area is 106 Å². The Bertz CT molecular complexity index is 598. The van der Waals surface area contributed by atoms with Crippen LogP contribution in [0.3, 0.4) is 0 Å². The molecule has 3 nitrogen and oxygen atoms in total. The number of benzene rings is 2. The van der Waals surface area contributed by atoms with Crippen molar-refractivity contribution in [1.29, 1.82) is 0 Å². The Balaban J connectivity index is 2.82. The Morgan fingerprint density at radius 2 is 1.28 bits per heavy atom. The van der Waals surface area contributed by atoms with E-state index in [-0.39, 0.29) is 10.6 Å². The smallest absolute Gasteiger partial charge is 0.258 e. The summed E-state index contributed by atoms with van der Waals surface area (Å²) in [6.07, 6.45) is 0. The zero-order chi connectivity index (χ0) is 13.3. The van der Waals surface area contributed by atoms with E-state index in [9.17, 15) is 10.1 Å². The fourth-order valence-corrected chi connectivity index (χ4v) is 2.34. The van der Waals surface area contributed by atoms with Crippen molar-refractivity contribution < 1.29 is 4.92 Å². The molecule has 18 heavy (non-hydrogen) atoms. The lowest BCUT2D eigenvalue weighted by atomic mass is 9.91. The maximum atomic E-state index is 11.2. The molecule has 2 rings (SSSR count). The van der Waals surface area contributed by atoms with E-state index in [4.69, 9.17) is 0 Å². The molecule has 0 radical (unpaired) electrons. The van der Waals surface area contributed by atoms with Gasteiger partial charge in [0, 0.05) is 6.07 Å². The summed E-state index contributed by atoms with van der Waals surface area (Å²) in [4.78, 5) is 10.9. The summed E-state index contributed by atoms with van der Waals surface area (Å²) in [5.41, 5.74) is 4.94. The molecule has 0 heterocycles. The fraction of sp³-hybridized carbons (Fsp3) is 0.200. The van der Waals surface area contributed by atoms with E-state index in [2.05, 4.69) is 0 Å². The molecule has 0 bridgehead atoms. The molecule has 0 aromatic heterocycles. The van der Waals surface area contributed by atoms with Crippen LogP contribution in [0.2, 0.25) is 0 Å². The Hall–Kier alpha value is -2.16. The highest BCUT2D eigenvalue weighted by molar-refractivity contribution is 5.81. The van der Waals surface area contributed by atoms with Crippen LogP contribution in [0.4, 0.5) is 5.69 Å². The van der Waals surface area contributed by atoms with Crippen molar-refractivity contribution in [3.05, 3.63) is 63.2 Å². The van der Waals surface area contributed by atoms with Gasteiger partial charge in [-0.2, -0.15) is 0 Å². The highest BCUT2D eigenvalue weighted by Crippen LogP contribution is 2.36. The van der Waals surface area contributed by atoms with Crippen molar-refractivity contribution in [2.24, 2.45) is 0 Å². The quantitative estimate of drug-likeness (QED) is 0.584. The zero-order valence-corrected chi connectivity index (χ0v) is 10.7. The van der Waals surface area contributed by atoms with Gasteiger partial charge in [-0.05, 0) is 43.0 Å². The minimum absolute atomic E-state index is 0.174. The van der Waals surface area contributed by atoms with Crippen LogP contribution in [0.15, 0.2) is 36.4 Å². The molecule has 0 saturated carbocycles. The molecule has 0 aliphatic rings. The SMILES string of the molecule is Cc1cccc(C)c1-c1c(C)cccc1[N+](=O)[O-]. The number of nitrogens with zero attached hydrogens (tertiary/aromatic N) is 1. The minimum atomic E-state index is -0.311. The Morgan fingerprint density at radius 3 is 1.78 bits per heavy atom. The first-order valence-electron chi connectivity index (χ1n) is 5.83. The van der Waals surface area contributed by atoms with Gasteiger partial charge >= 0.3 is 0 Å². The van der Waals surface area contributed by atoms with Crippen molar-refractivity contribution >= 4 is 5.69 Å². The standard InChI is InChI=1S/C15H15NO2/c1-10-6-4-7-11(2)14(10)15-12(3)8-5-9-13(15)16(17)18/h4-9H,1-3H3. The largest absolute Gasteiger partial charge is 0.277 e. The molecule has 0 amide bonds. The molecule has 2 aromatic rings. The van der Waals surface area contributed by atoms with Crippen LogP contribution in [0.5, 0.6) is 0 Å². The Morgan fingerprint density at radius 1 is 0.833 bits per heavy atom. The van der Waals surface area contributed by atoms with Crippen molar-refractivity contribution in [2.75, 3.05) is 0 Å².